The van der Waals surface area contributed by atoms with Gasteiger partial charge < -0.3 is 19.5 Å². The molecule has 0 unspecified atom stereocenters. The van der Waals surface area contributed by atoms with Crippen molar-refractivity contribution >= 4 is 49.7 Å². The number of hydrogen-bond acceptors (Lipinski definition) is 10. The van der Waals surface area contributed by atoms with Crippen LogP contribution in [0.2, 0.25) is 5.02 Å². The third kappa shape index (κ3) is 11.8. The summed E-state index contributed by atoms with van der Waals surface area (Å²) in [6, 6.07) is 56.2. The largest absolute Gasteiger partial charge is 0.492 e. The molecule has 1 amide bonds. The fraction of sp³-hybridized carbons (Fsp3) is 0.299. The Labute approximate surface area is 480 Å². The molecule has 81 heavy (non-hydrogen) atoms. The maximum absolute atomic E-state index is 14.6. The van der Waals surface area contributed by atoms with Crippen LogP contribution < -0.4 is 19.1 Å². The van der Waals surface area contributed by atoms with Crippen LogP contribution in [0.5, 0.6) is 17.2 Å². The van der Waals surface area contributed by atoms with Crippen molar-refractivity contribution in [3.8, 4) is 23.3 Å². The van der Waals surface area contributed by atoms with Crippen LogP contribution >= 0.6 is 11.6 Å². The lowest BCUT2D eigenvalue weighted by atomic mass is 9.72. The second kappa shape index (κ2) is 23.0. The normalized spacial score (nSPS) is 18.8. The fourth-order valence-corrected chi connectivity index (χ4v) is 13.2. The summed E-state index contributed by atoms with van der Waals surface area (Å²) < 4.78 is 45.7. The van der Waals surface area contributed by atoms with Gasteiger partial charge in [-0.05, 0) is 146 Å². The molecule has 414 valence electrons. The van der Waals surface area contributed by atoms with Crippen molar-refractivity contribution in [3.05, 3.63) is 220 Å². The highest BCUT2D eigenvalue weighted by Crippen LogP contribution is 2.46. The number of sulfonamides is 1. The van der Waals surface area contributed by atoms with Crippen LogP contribution in [0.1, 0.15) is 104 Å². The average molecular weight is 1120 g/mol. The Balaban J connectivity index is 0.917. The number of aliphatic hydroxyl groups is 1. The Morgan fingerprint density at radius 2 is 1.41 bits per heavy atom. The molecule has 0 spiro atoms. The highest BCUT2D eigenvalue weighted by molar-refractivity contribution is 7.90. The molecule has 1 saturated heterocycles. The van der Waals surface area contributed by atoms with Crippen LogP contribution in [0.3, 0.4) is 0 Å². The zero-order valence-corrected chi connectivity index (χ0v) is 47.6. The van der Waals surface area contributed by atoms with E-state index in [1.165, 1.54) is 34.9 Å². The van der Waals surface area contributed by atoms with Crippen molar-refractivity contribution in [1.82, 2.24) is 19.4 Å². The molecular weight excluding hydrogens is 1050 g/mol. The topological polar surface area (TPSA) is 150 Å². The van der Waals surface area contributed by atoms with Crippen LogP contribution in [0.4, 0.5) is 5.69 Å². The van der Waals surface area contributed by atoms with Crippen LogP contribution in [0, 0.1) is 22.7 Å². The lowest BCUT2D eigenvalue weighted by Crippen LogP contribution is -2.47. The molecule has 1 aliphatic heterocycles. The number of allylic oxidation sites excluding steroid dienone is 1. The Morgan fingerprint density at radius 1 is 0.765 bits per heavy atom. The van der Waals surface area contributed by atoms with Crippen molar-refractivity contribution in [3.63, 3.8) is 0 Å². The molecule has 14 heteroatoms. The molecular formula is C67H67ClN6O6S. The second-order valence-corrected chi connectivity index (χ2v) is 25.1. The molecule has 11 rings (SSSR count). The SMILES string of the molecule is CC1(C)CCC(CN2CCN(c3ccc(C(=O)NS(=O)(=O)c4ccc(OC[C@H]5CC[C@](C)(O)CC5)c(C#N)c4)c(Oc4cccc5c4cnn5C(c4ccccc4)(c4ccccc4)c4ccccc4)c3)CC2)=C(c2ccc(Cl)cc2)C1. The zero-order valence-electron chi connectivity index (χ0n) is 46.0. The maximum Gasteiger partial charge on any atom is 0.268 e. The third-order valence-electron chi connectivity index (χ3n) is 16.7. The number of aromatic nitrogens is 2. The maximum atomic E-state index is 14.6. The first-order valence-corrected chi connectivity index (χ1v) is 29.8. The van der Waals surface area contributed by atoms with E-state index in [2.05, 4.69) is 83.0 Å². The molecule has 2 N–H and O–H groups in total. The van der Waals surface area contributed by atoms with Crippen molar-refractivity contribution in [1.29, 1.82) is 5.26 Å². The molecule has 8 aromatic rings. The summed E-state index contributed by atoms with van der Waals surface area (Å²) in [5, 5.41) is 27.2. The van der Waals surface area contributed by atoms with Gasteiger partial charge in [0.1, 0.15) is 28.9 Å². The molecule has 12 nitrogen and oxygen atoms in total. The molecule has 2 heterocycles. The summed E-state index contributed by atoms with van der Waals surface area (Å²) in [6.07, 6.45) is 7.80. The molecule has 1 aromatic heterocycles. The number of carbonyl (C=O) groups is 1. The van der Waals surface area contributed by atoms with Gasteiger partial charge in [0, 0.05) is 49.5 Å². The van der Waals surface area contributed by atoms with Crippen molar-refractivity contribution < 1.29 is 27.8 Å². The number of carbonyl (C=O) groups excluding carboxylic acids is 1. The highest BCUT2D eigenvalue weighted by atomic mass is 35.5. The standard InChI is InChI=1S/C67H67ClN6O6S/c1-65(2)33-32-49(58(42-65)48-22-24-54(68)25-23-48)45-72-36-38-73(39-37-72)55-26-28-57(64(75)71-81(77,78)56-27-29-61(50(40-56)43-69)79-46-47-30-34-66(3,76)35-31-47)63(41-55)80-62-21-13-20-60-59(62)44-70-74(60)67(51-14-7-4-8-15-51,52-16-9-5-10-17-52)53-18-11-6-12-19-53/h4-29,40-41,44,47,76H,30-39,42,45-46H2,1-3H3,(H,71,75)/t47-,66-. The Morgan fingerprint density at radius 3 is 2.04 bits per heavy atom. The molecule has 0 atom stereocenters. The Hall–Kier alpha value is -7.73. The summed E-state index contributed by atoms with van der Waals surface area (Å²) in [5.41, 5.74) is 7.25. The first-order valence-electron chi connectivity index (χ1n) is 28.0. The number of piperazine rings is 1. The number of benzene rings is 7. The quantitative estimate of drug-likeness (QED) is 0.0895. The van der Waals surface area contributed by atoms with Crippen LogP contribution in [0.15, 0.2) is 187 Å². The minimum absolute atomic E-state index is 0.00799. The number of rotatable bonds is 16. The minimum atomic E-state index is -4.53. The van der Waals surface area contributed by atoms with Gasteiger partial charge in [-0.1, -0.05) is 140 Å². The Bertz CT molecular complexity index is 3650. The molecule has 0 bridgehead atoms. The number of ether oxygens (including phenoxy) is 2. The molecule has 3 aliphatic rings. The summed E-state index contributed by atoms with van der Waals surface area (Å²) in [4.78, 5) is 19.2. The van der Waals surface area contributed by atoms with Gasteiger partial charge in [0.25, 0.3) is 15.9 Å². The first kappa shape index (κ1) is 55.2. The van der Waals surface area contributed by atoms with E-state index in [9.17, 15) is 23.6 Å². The van der Waals surface area contributed by atoms with Crippen molar-refractivity contribution in [2.45, 2.75) is 81.8 Å². The number of anilines is 1. The predicted octanol–water partition coefficient (Wildman–Crippen LogP) is 13.4. The number of halogens is 1. The van der Waals surface area contributed by atoms with Gasteiger partial charge in [0.2, 0.25) is 0 Å². The van der Waals surface area contributed by atoms with E-state index < -0.39 is 27.1 Å². The highest BCUT2D eigenvalue weighted by Gasteiger charge is 2.41. The summed E-state index contributed by atoms with van der Waals surface area (Å²) in [7, 11) is -4.53. The summed E-state index contributed by atoms with van der Waals surface area (Å²) in [6.45, 7) is 10.8. The van der Waals surface area contributed by atoms with Gasteiger partial charge in [0.15, 0.2) is 0 Å². The van der Waals surface area contributed by atoms with Gasteiger partial charge in [-0.2, -0.15) is 10.4 Å². The molecule has 0 radical (unpaired) electrons. The summed E-state index contributed by atoms with van der Waals surface area (Å²) in [5.74, 6) is 0.0861. The van der Waals surface area contributed by atoms with Gasteiger partial charge >= 0.3 is 0 Å². The van der Waals surface area contributed by atoms with Crippen molar-refractivity contribution in [2.75, 3.05) is 44.2 Å². The van der Waals surface area contributed by atoms with Crippen LogP contribution in [0.25, 0.3) is 16.5 Å². The van der Waals surface area contributed by atoms with E-state index in [4.69, 9.17) is 26.2 Å². The average Bonchev–Trinajstić information content (AvgIpc) is 3.85. The molecule has 7 aromatic carbocycles. The zero-order chi connectivity index (χ0) is 56.4. The molecule has 1 saturated carbocycles. The van der Waals surface area contributed by atoms with E-state index in [-0.39, 0.29) is 38.9 Å². The lowest BCUT2D eigenvalue weighted by Gasteiger charge is -2.39. The Kier molecular flexibility index (Phi) is 15.7. The van der Waals surface area contributed by atoms with Gasteiger partial charge in [0.05, 0.1) is 45.3 Å². The number of amides is 1. The number of nitriles is 1. The fourth-order valence-electron chi connectivity index (χ4n) is 12.1. The number of fused-ring (bicyclic) bond motifs is 1. The second-order valence-electron chi connectivity index (χ2n) is 23.0. The van der Waals surface area contributed by atoms with Crippen LogP contribution in [-0.4, -0.2) is 79.0 Å². The van der Waals surface area contributed by atoms with Crippen molar-refractivity contribution in [2.24, 2.45) is 11.3 Å². The monoisotopic (exact) mass is 1120 g/mol. The number of nitrogens with zero attached hydrogens (tertiary/aromatic N) is 5. The minimum Gasteiger partial charge on any atom is -0.492 e. The van der Waals surface area contributed by atoms with E-state index in [0.29, 0.717) is 43.7 Å². The first-order chi connectivity index (χ1) is 39.1. The smallest absolute Gasteiger partial charge is 0.268 e. The van der Waals surface area contributed by atoms with E-state index in [1.54, 1.807) is 12.3 Å². The number of hydrogen-bond donors (Lipinski definition) is 2. The van der Waals surface area contributed by atoms with Gasteiger partial charge in [-0.15, -0.1) is 0 Å². The third-order valence-corrected chi connectivity index (χ3v) is 18.3. The predicted molar refractivity (Wildman–Crippen MR) is 319 cm³/mol. The number of nitrogens with one attached hydrogen (secondary N) is 1. The lowest BCUT2D eigenvalue weighted by molar-refractivity contribution is 0.00150. The van der Waals surface area contributed by atoms with Gasteiger partial charge in [-0.3, -0.25) is 9.69 Å². The van der Waals surface area contributed by atoms with Gasteiger partial charge in [-0.25, -0.2) is 17.8 Å². The van der Waals surface area contributed by atoms with E-state index in [0.717, 1.165) is 84.7 Å². The molecule has 2 aliphatic carbocycles. The van der Waals surface area contributed by atoms with Crippen LogP contribution in [-0.2, 0) is 15.6 Å². The molecule has 2 fully saturated rings. The summed E-state index contributed by atoms with van der Waals surface area (Å²) >= 11 is 6.33. The van der Waals surface area contributed by atoms with E-state index >= 15 is 0 Å². The van der Waals surface area contributed by atoms with E-state index in [1.807, 2.05) is 109 Å².